The number of anilines is 1. The fraction of sp³-hybridized carbons (Fsp3) is 0.333. The molecule has 1 heterocycles. The van der Waals surface area contributed by atoms with E-state index in [1.165, 1.54) is 17.8 Å². The van der Waals surface area contributed by atoms with Crippen LogP contribution in [-0.4, -0.2) is 29.2 Å². The number of rotatable bonds is 4. The van der Waals surface area contributed by atoms with Gasteiger partial charge in [-0.1, -0.05) is 6.92 Å². The molecule has 0 aliphatic carbocycles. The van der Waals surface area contributed by atoms with E-state index in [-0.39, 0.29) is 18.1 Å². The Hall–Kier alpha value is -1.40. The molecule has 18 heavy (non-hydrogen) atoms. The molecule has 0 radical (unpaired) electrons. The van der Waals surface area contributed by atoms with Crippen molar-refractivity contribution in [2.45, 2.75) is 11.8 Å². The van der Waals surface area contributed by atoms with Crippen LogP contribution >= 0.6 is 11.8 Å². The lowest BCUT2D eigenvalue weighted by Crippen LogP contribution is -2.12. The van der Waals surface area contributed by atoms with E-state index in [1.54, 1.807) is 0 Å². The van der Waals surface area contributed by atoms with Crippen LogP contribution in [0.1, 0.15) is 17.3 Å². The van der Waals surface area contributed by atoms with Crippen LogP contribution in [0.3, 0.4) is 0 Å². The first-order valence-electron chi connectivity index (χ1n) is 5.45. The summed E-state index contributed by atoms with van der Waals surface area (Å²) in [6.07, 6.45) is 0. The van der Waals surface area contributed by atoms with Gasteiger partial charge in [-0.25, -0.2) is 4.39 Å². The van der Waals surface area contributed by atoms with Gasteiger partial charge < -0.3 is 10.4 Å². The van der Waals surface area contributed by atoms with Gasteiger partial charge in [0, 0.05) is 17.3 Å². The molecule has 0 aromatic heterocycles. The van der Waals surface area contributed by atoms with Crippen molar-refractivity contribution in [2.75, 3.05) is 17.7 Å². The fourth-order valence-electron chi connectivity index (χ4n) is 1.54. The molecule has 6 heteroatoms. The van der Waals surface area contributed by atoms with Crippen LogP contribution < -0.4 is 5.32 Å². The van der Waals surface area contributed by atoms with Gasteiger partial charge in [0.05, 0.1) is 11.3 Å². The van der Waals surface area contributed by atoms with Crippen LogP contribution in [0.2, 0.25) is 0 Å². The quantitative estimate of drug-likeness (QED) is 0.644. The zero-order valence-corrected chi connectivity index (χ0v) is 10.5. The number of halogens is 1. The number of thioether (sulfide) groups is 1. The van der Waals surface area contributed by atoms with Crippen molar-refractivity contribution < 1.29 is 19.1 Å². The monoisotopic (exact) mass is 269 g/mol. The van der Waals surface area contributed by atoms with Gasteiger partial charge in [0.2, 0.25) is 0 Å². The number of carbonyl (C=O) groups is 2. The molecular weight excluding hydrogens is 257 g/mol. The van der Waals surface area contributed by atoms with Crippen LogP contribution in [0, 0.1) is 11.7 Å². The first kappa shape index (κ1) is 13.0. The summed E-state index contributed by atoms with van der Waals surface area (Å²) < 4.78 is 13.7. The minimum atomic E-state index is -0.727. The highest BCUT2D eigenvalue weighted by Crippen LogP contribution is 2.32. The Morgan fingerprint density at radius 3 is 2.83 bits per heavy atom. The minimum absolute atomic E-state index is 0.0365. The van der Waals surface area contributed by atoms with Crippen molar-refractivity contribution in [2.24, 2.45) is 5.92 Å². The van der Waals surface area contributed by atoms with Gasteiger partial charge in [0.25, 0.3) is 11.7 Å². The van der Waals surface area contributed by atoms with E-state index in [2.05, 4.69) is 5.32 Å². The number of aliphatic hydroxyl groups is 1. The highest BCUT2D eigenvalue weighted by atomic mass is 32.2. The molecule has 1 aromatic carbocycles. The van der Waals surface area contributed by atoms with E-state index in [1.807, 2.05) is 6.92 Å². The predicted octanol–water partition coefficient (Wildman–Crippen LogP) is 1.68. The normalized spacial score (nSPS) is 15.5. The molecule has 4 nitrogen and oxygen atoms in total. The maximum Gasteiger partial charge on any atom is 0.296 e. The lowest BCUT2D eigenvalue weighted by molar-refractivity contribution is -0.112. The molecule has 2 rings (SSSR count). The summed E-state index contributed by atoms with van der Waals surface area (Å²) in [7, 11) is 0. The number of amides is 1. The number of hydrogen-bond acceptors (Lipinski definition) is 4. The molecule has 96 valence electrons. The Bertz CT molecular complexity index is 518. The average molecular weight is 269 g/mol. The number of fused-ring (bicyclic) bond motifs is 1. The third-order valence-electron chi connectivity index (χ3n) is 2.61. The molecular formula is C12H12FNO3S. The van der Waals surface area contributed by atoms with Crippen LogP contribution in [0.4, 0.5) is 10.1 Å². The largest absolute Gasteiger partial charge is 0.396 e. The molecule has 2 N–H and O–H groups in total. The molecule has 0 spiro atoms. The summed E-state index contributed by atoms with van der Waals surface area (Å²) in [4.78, 5) is 22.9. The number of Topliss-reactive ketones (excluding diaryl/α,β-unsaturated/α-hetero) is 1. The highest BCUT2D eigenvalue weighted by molar-refractivity contribution is 7.99. The maximum absolute atomic E-state index is 13.7. The summed E-state index contributed by atoms with van der Waals surface area (Å²) >= 11 is 1.25. The summed E-state index contributed by atoms with van der Waals surface area (Å²) in [5, 5.41) is 11.3. The first-order valence-corrected chi connectivity index (χ1v) is 6.44. The number of hydrogen-bond donors (Lipinski definition) is 2. The Kier molecular flexibility index (Phi) is 3.68. The van der Waals surface area contributed by atoms with E-state index >= 15 is 0 Å². The van der Waals surface area contributed by atoms with Gasteiger partial charge in [-0.15, -0.1) is 11.8 Å². The van der Waals surface area contributed by atoms with E-state index in [4.69, 9.17) is 5.11 Å². The third-order valence-corrected chi connectivity index (χ3v) is 3.97. The Morgan fingerprint density at radius 2 is 2.17 bits per heavy atom. The van der Waals surface area contributed by atoms with E-state index in [9.17, 15) is 14.0 Å². The molecule has 0 saturated carbocycles. The third kappa shape index (κ3) is 2.39. The summed E-state index contributed by atoms with van der Waals surface area (Å²) in [6.45, 7) is 1.89. The van der Waals surface area contributed by atoms with Crippen LogP contribution in [0.15, 0.2) is 17.0 Å². The number of ketones is 1. The second-order valence-electron chi connectivity index (χ2n) is 4.21. The Morgan fingerprint density at radius 1 is 1.44 bits per heavy atom. The second kappa shape index (κ2) is 5.07. The van der Waals surface area contributed by atoms with Crippen molar-refractivity contribution in [1.29, 1.82) is 0 Å². The zero-order valence-electron chi connectivity index (χ0n) is 9.70. The molecule has 1 amide bonds. The molecule has 1 aromatic rings. The lowest BCUT2D eigenvalue weighted by Gasteiger charge is -2.09. The summed E-state index contributed by atoms with van der Waals surface area (Å²) in [6, 6.07) is 2.55. The number of carbonyl (C=O) groups excluding carboxylic acids is 2. The Labute approximate surface area is 108 Å². The van der Waals surface area contributed by atoms with Crippen LogP contribution in [-0.2, 0) is 4.79 Å². The summed E-state index contributed by atoms with van der Waals surface area (Å²) in [5.74, 6) is -1.33. The molecule has 0 fully saturated rings. The van der Waals surface area contributed by atoms with Crippen molar-refractivity contribution in [3.05, 3.63) is 23.5 Å². The number of nitrogens with one attached hydrogen (secondary N) is 1. The summed E-state index contributed by atoms with van der Waals surface area (Å²) in [5.41, 5.74) is 0.433. The number of benzene rings is 1. The van der Waals surface area contributed by atoms with Gasteiger partial charge in [0.15, 0.2) is 0 Å². The average Bonchev–Trinajstić information content (AvgIpc) is 2.62. The fourth-order valence-corrected chi connectivity index (χ4v) is 2.51. The van der Waals surface area contributed by atoms with Gasteiger partial charge >= 0.3 is 0 Å². The van der Waals surface area contributed by atoms with Gasteiger partial charge in [-0.3, -0.25) is 9.59 Å². The minimum Gasteiger partial charge on any atom is -0.396 e. The molecule has 1 atom stereocenters. The molecule has 0 saturated heterocycles. The van der Waals surface area contributed by atoms with Gasteiger partial charge in [-0.05, 0) is 18.1 Å². The maximum atomic E-state index is 13.7. The van der Waals surface area contributed by atoms with Crippen molar-refractivity contribution in [3.8, 4) is 0 Å². The highest BCUT2D eigenvalue weighted by Gasteiger charge is 2.29. The van der Waals surface area contributed by atoms with E-state index in [0.29, 0.717) is 16.3 Å². The second-order valence-corrected chi connectivity index (χ2v) is 5.27. The van der Waals surface area contributed by atoms with Crippen molar-refractivity contribution >= 4 is 29.1 Å². The van der Waals surface area contributed by atoms with Gasteiger partial charge in [-0.2, -0.15) is 0 Å². The van der Waals surface area contributed by atoms with E-state index in [0.717, 1.165) is 6.07 Å². The SMILES string of the molecule is CC(CO)CSc1cc2c(cc1F)C(=O)C(=O)N2. The molecule has 1 aliphatic heterocycles. The Balaban J connectivity index is 2.22. The van der Waals surface area contributed by atoms with Crippen LogP contribution in [0.25, 0.3) is 0 Å². The van der Waals surface area contributed by atoms with Crippen molar-refractivity contribution in [1.82, 2.24) is 0 Å². The van der Waals surface area contributed by atoms with Crippen LogP contribution in [0.5, 0.6) is 0 Å². The topological polar surface area (TPSA) is 66.4 Å². The molecule has 1 aliphatic rings. The zero-order chi connectivity index (χ0) is 13.3. The van der Waals surface area contributed by atoms with Crippen molar-refractivity contribution in [3.63, 3.8) is 0 Å². The predicted molar refractivity (Wildman–Crippen MR) is 66.3 cm³/mol. The lowest BCUT2D eigenvalue weighted by atomic mass is 10.1. The first-order chi connectivity index (χ1) is 8.52. The molecule has 1 unspecified atom stereocenters. The van der Waals surface area contributed by atoms with Gasteiger partial charge in [0.1, 0.15) is 5.82 Å². The smallest absolute Gasteiger partial charge is 0.296 e. The van der Waals surface area contributed by atoms with E-state index < -0.39 is 17.5 Å². The standard InChI is InChI=1S/C12H12FNO3S/c1-6(4-15)5-18-10-3-9-7(2-8(10)13)11(16)12(17)14-9/h2-3,6,15H,4-5H2,1H3,(H,14,16,17). The number of aliphatic hydroxyl groups excluding tert-OH is 1. The molecule has 0 bridgehead atoms.